The first-order chi connectivity index (χ1) is 9.60. The topological polar surface area (TPSA) is 90.1 Å². The van der Waals surface area contributed by atoms with E-state index in [9.17, 15) is 4.79 Å². The van der Waals surface area contributed by atoms with Crippen molar-refractivity contribution in [1.82, 2.24) is 9.36 Å². The van der Waals surface area contributed by atoms with Crippen molar-refractivity contribution in [2.75, 3.05) is 18.2 Å². The number of nitrogens with two attached hydrogens (primary N) is 1. The number of amides is 1. The summed E-state index contributed by atoms with van der Waals surface area (Å²) in [6.07, 6.45) is 1.47. The van der Waals surface area contributed by atoms with E-state index >= 15 is 0 Å². The van der Waals surface area contributed by atoms with E-state index in [1.807, 2.05) is 0 Å². The van der Waals surface area contributed by atoms with E-state index in [2.05, 4.69) is 14.7 Å². The third kappa shape index (κ3) is 3.61. The molecule has 0 saturated carbocycles. The van der Waals surface area contributed by atoms with Crippen LogP contribution in [0.15, 0.2) is 28.9 Å². The number of nitrogens with zero attached hydrogens (tertiary/aromatic N) is 2. The van der Waals surface area contributed by atoms with Gasteiger partial charge in [-0.25, -0.2) is 4.98 Å². The van der Waals surface area contributed by atoms with Crippen LogP contribution in [0.25, 0.3) is 0 Å². The van der Waals surface area contributed by atoms with Gasteiger partial charge in [0.1, 0.15) is 12.1 Å². The van der Waals surface area contributed by atoms with Crippen LogP contribution in [-0.4, -0.2) is 27.6 Å². The minimum Gasteiger partial charge on any atom is -0.497 e. The Kier molecular flexibility index (Phi) is 4.80. The number of benzene rings is 1. The van der Waals surface area contributed by atoms with Gasteiger partial charge in [-0.1, -0.05) is 11.8 Å². The van der Waals surface area contributed by atoms with Crippen LogP contribution >= 0.6 is 23.3 Å². The highest BCUT2D eigenvalue weighted by molar-refractivity contribution is 8.02. The summed E-state index contributed by atoms with van der Waals surface area (Å²) in [5, 5.41) is 2.50. The molecule has 0 saturated heterocycles. The average Bonchev–Trinajstić information content (AvgIpc) is 2.93. The number of thioether (sulfide) groups is 1. The summed E-state index contributed by atoms with van der Waals surface area (Å²) < 4.78 is 9.72. The number of nitrogen functional groups attached to an aromatic ring is 1. The molecule has 0 spiro atoms. The lowest BCUT2D eigenvalue weighted by Crippen LogP contribution is -2.22. The summed E-state index contributed by atoms with van der Waals surface area (Å²) in [4.78, 5) is 16.1. The maximum absolute atomic E-state index is 12.1. The molecule has 0 aliphatic carbocycles. The molecule has 1 heterocycles. The van der Waals surface area contributed by atoms with Gasteiger partial charge in [-0.15, -0.1) is 0 Å². The quantitative estimate of drug-likeness (QED) is 0.650. The van der Waals surface area contributed by atoms with Gasteiger partial charge in [0.2, 0.25) is 5.91 Å². The fourth-order valence-corrected chi connectivity index (χ4v) is 3.03. The first-order valence-electron chi connectivity index (χ1n) is 5.78. The number of rotatable bonds is 5. The van der Waals surface area contributed by atoms with Crippen LogP contribution < -0.4 is 15.8 Å². The van der Waals surface area contributed by atoms with Crippen molar-refractivity contribution in [2.45, 2.75) is 16.5 Å². The zero-order valence-electron chi connectivity index (χ0n) is 11.0. The lowest BCUT2D eigenvalue weighted by molar-refractivity contribution is -0.115. The highest BCUT2D eigenvalue weighted by Gasteiger charge is 2.17. The number of aromatic nitrogens is 2. The molecular formula is C12H14N4O2S2. The first-order valence-corrected chi connectivity index (χ1v) is 7.43. The normalized spacial score (nSPS) is 11.9. The summed E-state index contributed by atoms with van der Waals surface area (Å²) in [6.45, 7) is 1.81. The Bertz CT molecular complexity index is 589. The van der Waals surface area contributed by atoms with E-state index in [0.29, 0.717) is 17.1 Å². The Morgan fingerprint density at radius 1 is 1.55 bits per heavy atom. The second-order valence-corrected chi connectivity index (χ2v) is 6.28. The van der Waals surface area contributed by atoms with Gasteiger partial charge >= 0.3 is 0 Å². The predicted molar refractivity (Wildman–Crippen MR) is 81.3 cm³/mol. The summed E-state index contributed by atoms with van der Waals surface area (Å²) >= 11 is 2.62. The van der Waals surface area contributed by atoms with Crippen LogP contribution in [0, 0.1) is 0 Å². The molecular weight excluding hydrogens is 296 g/mol. The Morgan fingerprint density at radius 2 is 2.35 bits per heavy atom. The van der Waals surface area contributed by atoms with Crippen molar-refractivity contribution >= 4 is 40.6 Å². The lowest BCUT2D eigenvalue weighted by Gasteiger charge is -2.12. The van der Waals surface area contributed by atoms with Crippen molar-refractivity contribution in [1.29, 1.82) is 0 Å². The third-order valence-corrected chi connectivity index (χ3v) is 4.35. The van der Waals surface area contributed by atoms with Gasteiger partial charge in [0.15, 0.2) is 4.34 Å². The molecule has 1 aromatic heterocycles. The standard InChI is InChI=1S/C12H14N4O2S2/c1-7(19-12-14-6-15-20-12)11(17)16-10-4-3-8(18-2)5-9(10)13/h3-7H,13H2,1-2H3,(H,16,17). The van der Waals surface area contributed by atoms with E-state index < -0.39 is 0 Å². The molecule has 1 unspecified atom stereocenters. The number of carbonyl (C=O) groups excluding carboxylic acids is 1. The molecule has 0 aliphatic heterocycles. The smallest absolute Gasteiger partial charge is 0.237 e. The Morgan fingerprint density at radius 3 is 2.95 bits per heavy atom. The zero-order valence-corrected chi connectivity index (χ0v) is 12.6. The van der Waals surface area contributed by atoms with Crippen molar-refractivity contribution in [2.24, 2.45) is 0 Å². The summed E-state index contributed by atoms with van der Waals surface area (Å²) in [5.74, 6) is 0.513. The molecule has 0 radical (unpaired) electrons. The maximum atomic E-state index is 12.1. The number of hydrogen-bond donors (Lipinski definition) is 2. The molecule has 2 aromatic rings. The number of hydrogen-bond acceptors (Lipinski definition) is 7. The molecule has 3 N–H and O–H groups in total. The number of methoxy groups -OCH3 is 1. The van der Waals surface area contributed by atoms with E-state index in [1.54, 1.807) is 32.2 Å². The second kappa shape index (κ2) is 6.58. The van der Waals surface area contributed by atoms with Crippen molar-refractivity contribution in [3.05, 3.63) is 24.5 Å². The molecule has 0 bridgehead atoms. The number of carbonyl (C=O) groups is 1. The average molecular weight is 310 g/mol. The molecule has 20 heavy (non-hydrogen) atoms. The van der Waals surface area contributed by atoms with Gasteiger partial charge in [-0.2, -0.15) is 4.37 Å². The molecule has 6 nitrogen and oxygen atoms in total. The molecule has 1 atom stereocenters. The number of anilines is 2. The second-order valence-electron chi connectivity index (χ2n) is 3.91. The lowest BCUT2D eigenvalue weighted by atomic mass is 10.2. The van der Waals surface area contributed by atoms with Crippen molar-refractivity contribution < 1.29 is 9.53 Å². The largest absolute Gasteiger partial charge is 0.497 e. The monoisotopic (exact) mass is 310 g/mol. The third-order valence-electron chi connectivity index (χ3n) is 2.50. The molecule has 0 fully saturated rings. The zero-order chi connectivity index (χ0) is 14.5. The van der Waals surface area contributed by atoms with Crippen LogP contribution in [-0.2, 0) is 4.79 Å². The highest BCUT2D eigenvalue weighted by atomic mass is 32.2. The summed E-state index contributed by atoms with van der Waals surface area (Å²) in [5.41, 5.74) is 6.89. The van der Waals surface area contributed by atoms with E-state index in [1.165, 1.54) is 29.6 Å². The highest BCUT2D eigenvalue weighted by Crippen LogP contribution is 2.27. The van der Waals surface area contributed by atoms with E-state index in [4.69, 9.17) is 10.5 Å². The Balaban J connectivity index is 2.00. The fourth-order valence-electron chi connectivity index (χ4n) is 1.44. The number of ether oxygens (including phenoxy) is 1. The summed E-state index contributed by atoms with van der Waals surface area (Å²) in [6, 6.07) is 5.13. The van der Waals surface area contributed by atoms with Gasteiger partial charge in [-0.3, -0.25) is 4.79 Å². The van der Waals surface area contributed by atoms with Gasteiger partial charge in [-0.05, 0) is 30.6 Å². The summed E-state index contributed by atoms with van der Waals surface area (Å²) in [7, 11) is 1.56. The Labute approximate surface area is 124 Å². The van der Waals surface area contributed by atoms with Gasteiger partial charge < -0.3 is 15.8 Å². The van der Waals surface area contributed by atoms with Gasteiger partial charge in [0, 0.05) is 6.07 Å². The SMILES string of the molecule is COc1ccc(NC(=O)C(C)Sc2ncns2)c(N)c1. The van der Waals surface area contributed by atoms with Gasteiger partial charge in [0.05, 0.1) is 23.7 Å². The Hall–Kier alpha value is -1.80. The molecule has 106 valence electrons. The minimum absolute atomic E-state index is 0.137. The fraction of sp³-hybridized carbons (Fsp3) is 0.250. The van der Waals surface area contributed by atoms with Crippen molar-refractivity contribution in [3.63, 3.8) is 0 Å². The van der Waals surface area contributed by atoms with Crippen LogP contribution in [0.1, 0.15) is 6.92 Å². The molecule has 2 rings (SSSR count). The van der Waals surface area contributed by atoms with E-state index in [-0.39, 0.29) is 11.2 Å². The molecule has 1 aromatic carbocycles. The first kappa shape index (κ1) is 14.6. The van der Waals surface area contributed by atoms with Crippen LogP contribution in [0.4, 0.5) is 11.4 Å². The van der Waals surface area contributed by atoms with Crippen molar-refractivity contribution in [3.8, 4) is 5.75 Å². The number of nitrogens with one attached hydrogen (secondary N) is 1. The predicted octanol–water partition coefficient (Wildman–Crippen LogP) is 2.25. The molecule has 0 aliphatic rings. The molecule has 1 amide bonds. The minimum atomic E-state index is -0.288. The van der Waals surface area contributed by atoms with Crippen LogP contribution in [0.2, 0.25) is 0 Å². The van der Waals surface area contributed by atoms with Crippen LogP contribution in [0.5, 0.6) is 5.75 Å². The maximum Gasteiger partial charge on any atom is 0.237 e. The van der Waals surface area contributed by atoms with Gasteiger partial charge in [0.25, 0.3) is 0 Å². The molecule has 8 heteroatoms. The van der Waals surface area contributed by atoms with E-state index in [0.717, 1.165) is 4.34 Å². The van der Waals surface area contributed by atoms with Crippen LogP contribution in [0.3, 0.4) is 0 Å².